The van der Waals surface area contributed by atoms with Gasteiger partial charge >= 0.3 is 0 Å². The highest BCUT2D eigenvalue weighted by Gasteiger charge is 2.29. The largest absolute Gasteiger partial charge is 0.368 e. The van der Waals surface area contributed by atoms with Crippen LogP contribution in [0.3, 0.4) is 0 Å². The second-order valence-corrected chi connectivity index (χ2v) is 6.18. The Morgan fingerprint density at radius 1 is 1.55 bits per heavy atom. The van der Waals surface area contributed by atoms with Crippen LogP contribution in [0.2, 0.25) is 0 Å². The molecular weight excluding hydrogens is 278 g/mol. The lowest BCUT2D eigenvalue weighted by Crippen LogP contribution is -2.50. The van der Waals surface area contributed by atoms with Gasteiger partial charge in [-0.3, -0.25) is 4.79 Å². The molecule has 118 valence electrons. The highest BCUT2D eigenvalue weighted by Crippen LogP contribution is 2.16. The number of carbonyl (C=O) groups excluding carboxylic acids is 1. The number of likely N-dealkylation sites (tertiary alicyclic amines) is 1. The number of hydrogen-bond acceptors (Lipinski definition) is 5. The van der Waals surface area contributed by atoms with E-state index >= 15 is 0 Å². The van der Waals surface area contributed by atoms with Crippen molar-refractivity contribution in [3.05, 3.63) is 24.4 Å². The van der Waals surface area contributed by atoms with Gasteiger partial charge in [0, 0.05) is 24.8 Å². The Morgan fingerprint density at radius 3 is 3.05 bits per heavy atom. The van der Waals surface area contributed by atoms with Crippen molar-refractivity contribution in [1.29, 1.82) is 5.26 Å². The second kappa shape index (κ2) is 7.23. The van der Waals surface area contributed by atoms with Gasteiger partial charge in [-0.15, -0.1) is 0 Å². The van der Waals surface area contributed by atoms with Crippen LogP contribution < -0.4 is 10.6 Å². The maximum Gasteiger partial charge on any atom is 0.237 e. The molecule has 0 saturated carbocycles. The quantitative estimate of drug-likeness (QED) is 0.829. The minimum Gasteiger partial charge on any atom is -0.368 e. The van der Waals surface area contributed by atoms with Crippen molar-refractivity contribution in [1.82, 2.24) is 15.2 Å². The van der Waals surface area contributed by atoms with Crippen LogP contribution in [0.5, 0.6) is 0 Å². The van der Waals surface area contributed by atoms with E-state index in [1.54, 1.807) is 11.1 Å². The molecule has 2 rings (SSSR count). The molecule has 2 heterocycles. The molecule has 6 heteroatoms. The Kier molecular flexibility index (Phi) is 5.34. The lowest BCUT2D eigenvalue weighted by atomic mass is 10.1. The summed E-state index contributed by atoms with van der Waals surface area (Å²) in [6, 6.07) is 7.64. The van der Waals surface area contributed by atoms with Crippen LogP contribution in [0.25, 0.3) is 0 Å². The monoisotopic (exact) mass is 301 g/mol. The van der Waals surface area contributed by atoms with Gasteiger partial charge in [-0.2, -0.15) is 5.26 Å². The summed E-state index contributed by atoms with van der Waals surface area (Å²) in [5.41, 5.74) is -0.255. The Morgan fingerprint density at radius 2 is 2.36 bits per heavy atom. The molecule has 0 spiro atoms. The number of rotatable bonds is 6. The number of nitrogens with zero attached hydrogens (tertiary/aromatic N) is 3. The average molecular weight is 301 g/mol. The fourth-order valence-electron chi connectivity index (χ4n) is 2.46. The van der Waals surface area contributed by atoms with Crippen LogP contribution >= 0.6 is 0 Å². The fourth-order valence-corrected chi connectivity index (χ4v) is 2.46. The van der Waals surface area contributed by atoms with Crippen LogP contribution in [0.1, 0.15) is 26.7 Å². The van der Waals surface area contributed by atoms with Crippen molar-refractivity contribution >= 4 is 11.7 Å². The average Bonchev–Trinajstić information content (AvgIpc) is 3.00. The molecule has 1 saturated heterocycles. The lowest BCUT2D eigenvalue weighted by Gasteiger charge is -2.28. The molecule has 1 amide bonds. The number of anilines is 1. The topological polar surface area (TPSA) is 81.1 Å². The van der Waals surface area contributed by atoms with Gasteiger partial charge in [-0.05, 0) is 38.8 Å². The van der Waals surface area contributed by atoms with Gasteiger partial charge in [-0.1, -0.05) is 6.07 Å². The van der Waals surface area contributed by atoms with E-state index in [4.69, 9.17) is 5.26 Å². The molecule has 1 fully saturated rings. The number of nitriles is 1. The highest BCUT2D eigenvalue weighted by molar-refractivity contribution is 5.79. The number of nitrogens with one attached hydrogen (secondary N) is 2. The third-order valence-corrected chi connectivity index (χ3v) is 3.82. The molecule has 0 bridgehead atoms. The highest BCUT2D eigenvalue weighted by atomic mass is 16.2. The molecule has 0 aromatic carbocycles. The van der Waals surface area contributed by atoms with E-state index in [2.05, 4.69) is 21.7 Å². The molecule has 0 aliphatic carbocycles. The zero-order valence-electron chi connectivity index (χ0n) is 13.2. The molecule has 1 aromatic heterocycles. The molecule has 1 aliphatic heterocycles. The van der Waals surface area contributed by atoms with E-state index in [1.165, 1.54) is 0 Å². The molecular formula is C16H23N5O. The maximum absolute atomic E-state index is 12.2. The summed E-state index contributed by atoms with van der Waals surface area (Å²) < 4.78 is 0. The number of pyridine rings is 1. The molecule has 1 aromatic rings. The molecule has 0 radical (unpaired) electrons. The van der Waals surface area contributed by atoms with Crippen LogP contribution in [-0.4, -0.2) is 47.0 Å². The van der Waals surface area contributed by atoms with Gasteiger partial charge in [0.1, 0.15) is 11.9 Å². The van der Waals surface area contributed by atoms with E-state index in [-0.39, 0.29) is 24.0 Å². The Hall–Kier alpha value is -2.13. The van der Waals surface area contributed by atoms with Crippen molar-refractivity contribution in [3.63, 3.8) is 0 Å². The van der Waals surface area contributed by atoms with Gasteiger partial charge in [0.15, 0.2) is 0 Å². The standard InChI is InChI=1S/C16H23N5O/c1-16(2,12-19-14-7-3-4-8-18-14)20-11-15(22)21-9-5-6-13(21)10-17/h3-4,7-8,13,20H,5-6,9,11-12H2,1-2H3,(H,18,19)/t13-/m0/s1. The van der Waals surface area contributed by atoms with Crippen LogP contribution in [0.4, 0.5) is 5.82 Å². The second-order valence-electron chi connectivity index (χ2n) is 6.18. The summed E-state index contributed by atoms with van der Waals surface area (Å²) >= 11 is 0. The number of aromatic nitrogens is 1. The minimum atomic E-state index is -0.260. The van der Waals surface area contributed by atoms with E-state index < -0.39 is 0 Å². The zero-order chi connectivity index (χ0) is 16.0. The van der Waals surface area contributed by atoms with Crippen LogP contribution in [-0.2, 0) is 4.79 Å². The van der Waals surface area contributed by atoms with Gasteiger partial charge in [-0.25, -0.2) is 4.98 Å². The summed E-state index contributed by atoms with van der Waals surface area (Å²) in [6.45, 7) is 5.64. The molecule has 6 nitrogen and oxygen atoms in total. The summed E-state index contributed by atoms with van der Waals surface area (Å²) in [5, 5.41) is 15.5. The normalized spacial score (nSPS) is 18.0. The first-order valence-corrected chi connectivity index (χ1v) is 7.61. The summed E-state index contributed by atoms with van der Waals surface area (Å²) in [6.07, 6.45) is 3.43. The first-order chi connectivity index (χ1) is 10.5. The zero-order valence-corrected chi connectivity index (χ0v) is 13.2. The van der Waals surface area contributed by atoms with E-state index in [0.29, 0.717) is 13.1 Å². The molecule has 0 unspecified atom stereocenters. The van der Waals surface area contributed by atoms with Gasteiger partial charge < -0.3 is 15.5 Å². The van der Waals surface area contributed by atoms with Gasteiger partial charge in [0.25, 0.3) is 0 Å². The van der Waals surface area contributed by atoms with E-state index in [0.717, 1.165) is 18.7 Å². The molecule has 22 heavy (non-hydrogen) atoms. The fraction of sp³-hybridized carbons (Fsp3) is 0.562. The lowest BCUT2D eigenvalue weighted by molar-refractivity contribution is -0.130. The molecule has 2 N–H and O–H groups in total. The van der Waals surface area contributed by atoms with Crippen molar-refractivity contribution in [2.45, 2.75) is 38.3 Å². The maximum atomic E-state index is 12.2. The van der Waals surface area contributed by atoms with Crippen molar-refractivity contribution in [2.75, 3.05) is 25.0 Å². The Labute approximate surface area is 131 Å². The Bertz CT molecular complexity index is 537. The number of carbonyl (C=O) groups is 1. The first-order valence-electron chi connectivity index (χ1n) is 7.61. The van der Waals surface area contributed by atoms with Crippen molar-refractivity contribution in [2.24, 2.45) is 0 Å². The summed E-state index contributed by atoms with van der Waals surface area (Å²) in [5.74, 6) is 0.808. The van der Waals surface area contributed by atoms with Crippen molar-refractivity contribution < 1.29 is 4.79 Å². The third-order valence-electron chi connectivity index (χ3n) is 3.82. The summed E-state index contributed by atoms with van der Waals surface area (Å²) in [4.78, 5) is 18.1. The van der Waals surface area contributed by atoms with E-state index in [9.17, 15) is 4.79 Å². The third kappa shape index (κ3) is 4.43. The van der Waals surface area contributed by atoms with Crippen LogP contribution in [0, 0.1) is 11.3 Å². The smallest absolute Gasteiger partial charge is 0.237 e. The van der Waals surface area contributed by atoms with Crippen LogP contribution in [0.15, 0.2) is 24.4 Å². The Balaban J connectivity index is 1.79. The SMILES string of the molecule is CC(C)(CNc1ccccn1)NCC(=O)N1CCC[C@H]1C#N. The van der Waals surface area contributed by atoms with Gasteiger partial charge in [0.05, 0.1) is 12.6 Å². The molecule has 1 atom stereocenters. The number of amides is 1. The predicted octanol–water partition coefficient (Wildman–Crippen LogP) is 1.38. The number of hydrogen-bond donors (Lipinski definition) is 2. The summed E-state index contributed by atoms with van der Waals surface area (Å²) in [7, 11) is 0. The van der Waals surface area contributed by atoms with Gasteiger partial charge in [0.2, 0.25) is 5.91 Å². The van der Waals surface area contributed by atoms with E-state index in [1.807, 2.05) is 32.0 Å². The minimum absolute atomic E-state index is 0.00467. The molecule has 1 aliphatic rings. The van der Waals surface area contributed by atoms with Crippen molar-refractivity contribution in [3.8, 4) is 6.07 Å². The predicted molar refractivity (Wildman–Crippen MR) is 85.2 cm³/mol. The first kappa shape index (κ1) is 16.2.